The minimum atomic E-state index is -0.559. The Hall–Kier alpha value is -2.89. The molecule has 2 atom stereocenters. The van der Waals surface area contributed by atoms with Crippen LogP contribution in [0.3, 0.4) is 0 Å². The molecule has 5 rings (SSSR count). The van der Waals surface area contributed by atoms with E-state index in [-0.39, 0.29) is 29.6 Å². The SMILES string of the molecule is CC[C@@H](Oc1ccc2c(c1)[C@H](c1ccc(F)cc1)N(C(=O)C1CCCC1)CC2)C(=O)NCC1CC1. The summed E-state index contributed by atoms with van der Waals surface area (Å²) in [5, 5.41) is 3.02. The van der Waals surface area contributed by atoms with Crippen LogP contribution in [0.5, 0.6) is 5.75 Å². The first kappa shape index (κ1) is 23.8. The van der Waals surface area contributed by atoms with E-state index in [4.69, 9.17) is 4.74 Å². The van der Waals surface area contributed by atoms with Gasteiger partial charge >= 0.3 is 0 Å². The number of nitrogens with zero attached hydrogens (tertiary/aromatic N) is 1. The first-order chi connectivity index (χ1) is 17.0. The van der Waals surface area contributed by atoms with Crippen molar-refractivity contribution >= 4 is 11.8 Å². The van der Waals surface area contributed by atoms with Crippen LogP contribution in [0.15, 0.2) is 42.5 Å². The Balaban J connectivity index is 1.43. The second kappa shape index (κ2) is 10.4. The van der Waals surface area contributed by atoms with Crippen molar-refractivity contribution in [2.24, 2.45) is 11.8 Å². The lowest BCUT2D eigenvalue weighted by molar-refractivity contribution is -0.137. The molecule has 2 fully saturated rings. The van der Waals surface area contributed by atoms with E-state index in [1.807, 2.05) is 30.0 Å². The van der Waals surface area contributed by atoms with E-state index in [1.165, 1.54) is 25.0 Å². The predicted molar refractivity (Wildman–Crippen MR) is 133 cm³/mol. The second-order valence-electron chi connectivity index (χ2n) is 10.3. The molecular weight excluding hydrogens is 443 g/mol. The van der Waals surface area contributed by atoms with E-state index >= 15 is 0 Å². The monoisotopic (exact) mass is 478 g/mol. The van der Waals surface area contributed by atoms with Gasteiger partial charge in [-0.05, 0) is 85.4 Å². The summed E-state index contributed by atoms with van der Waals surface area (Å²) in [6, 6.07) is 12.1. The molecule has 0 bridgehead atoms. The highest BCUT2D eigenvalue weighted by Crippen LogP contribution is 2.40. The molecule has 186 valence electrons. The summed E-state index contributed by atoms with van der Waals surface area (Å²) in [6.45, 7) is 3.31. The molecule has 0 spiro atoms. The molecule has 2 aromatic carbocycles. The van der Waals surface area contributed by atoms with Crippen molar-refractivity contribution in [1.82, 2.24) is 10.2 Å². The molecule has 2 amide bonds. The lowest BCUT2D eigenvalue weighted by Gasteiger charge is -2.39. The normalized spacial score (nSPS) is 20.9. The van der Waals surface area contributed by atoms with Gasteiger partial charge in [-0.3, -0.25) is 9.59 Å². The van der Waals surface area contributed by atoms with Gasteiger partial charge in [-0.25, -0.2) is 4.39 Å². The predicted octanol–water partition coefficient (Wildman–Crippen LogP) is 5.17. The van der Waals surface area contributed by atoms with Crippen molar-refractivity contribution in [3.05, 3.63) is 65.0 Å². The summed E-state index contributed by atoms with van der Waals surface area (Å²) in [7, 11) is 0. The number of ether oxygens (including phenoxy) is 1. The van der Waals surface area contributed by atoms with Crippen LogP contribution in [-0.2, 0) is 16.0 Å². The molecule has 3 aliphatic rings. The molecule has 1 aliphatic heterocycles. The summed E-state index contributed by atoms with van der Waals surface area (Å²) in [5.74, 6) is 1.13. The Bertz CT molecular complexity index is 1060. The zero-order valence-corrected chi connectivity index (χ0v) is 20.5. The van der Waals surface area contributed by atoms with Crippen LogP contribution in [0.1, 0.15) is 74.6 Å². The first-order valence-electron chi connectivity index (χ1n) is 13.2. The van der Waals surface area contributed by atoms with E-state index in [0.29, 0.717) is 31.2 Å². The van der Waals surface area contributed by atoms with Crippen LogP contribution < -0.4 is 10.1 Å². The number of nitrogens with one attached hydrogen (secondary N) is 1. The standard InChI is InChI=1S/C29H35FN2O3/c1-2-26(28(33)31-18-19-7-8-19)35-24-14-11-20-15-16-32(29(34)22-5-3-4-6-22)27(25(20)17-24)21-9-12-23(30)13-10-21/h9-14,17,19,22,26-27H,2-8,15-16,18H2,1H3,(H,31,33)/t26-,27+/m1/s1. The fraction of sp³-hybridized carbons (Fsp3) is 0.517. The third-order valence-corrected chi connectivity index (χ3v) is 7.72. The maximum atomic E-state index is 13.8. The quantitative estimate of drug-likeness (QED) is 0.569. The maximum Gasteiger partial charge on any atom is 0.261 e. The van der Waals surface area contributed by atoms with E-state index in [9.17, 15) is 14.0 Å². The Morgan fingerprint density at radius 1 is 1.09 bits per heavy atom. The average Bonchev–Trinajstić information content (AvgIpc) is 3.55. The average molecular weight is 479 g/mol. The molecule has 6 heteroatoms. The number of hydrogen-bond acceptors (Lipinski definition) is 3. The van der Waals surface area contributed by atoms with Gasteiger partial charge in [0.15, 0.2) is 6.10 Å². The summed E-state index contributed by atoms with van der Waals surface area (Å²) >= 11 is 0. The molecule has 1 N–H and O–H groups in total. The summed E-state index contributed by atoms with van der Waals surface area (Å²) in [4.78, 5) is 28.2. The van der Waals surface area contributed by atoms with Gasteiger partial charge in [0.1, 0.15) is 11.6 Å². The Kier molecular flexibility index (Phi) is 7.07. The highest BCUT2D eigenvalue weighted by Gasteiger charge is 2.36. The number of hydrogen-bond donors (Lipinski definition) is 1. The fourth-order valence-corrected chi connectivity index (χ4v) is 5.48. The number of carbonyl (C=O) groups excluding carboxylic acids is 2. The van der Waals surface area contributed by atoms with Crippen LogP contribution >= 0.6 is 0 Å². The van der Waals surface area contributed by atoms with Gasteiger partial charge in [0, 0.05) is 19.0 Å². The van der Waals surface area contributed by atoms with Crippen LogP contribution in [0.25, 0.3) is 0 Å². The van der Waals surface area contributed by atoms with Crippen LogP contribution in [0.4, 0.5) is 4.39 Å². The lowest BCUT2D eigenvalue weighted by Crippen LogP contribution is -2.43. The van der Waals surface area contributed by atoms with Gasteiger partial charge in [0.2, 0.25) is 5.91 Å². The Labute approximate surface area is 207 Å². The van der Waals surface area contributed by atoms with Crippen molar-refractivity contribution in [3.8, 4) is 5.75 Å². The van der Waals surface area contributed by atoms with E-state index in [0.717, 1.165) is 48.8 Å². The van der Waals surface area contributed by atoms with Crippen molar-refractivity contribution in [3.63, 3.8) is 0 Å². The van der Waals surface area contributed by atoms with Gasteiger partial charge in [-0.15, -0.1) is 0 Å². The number of carbonyl (C=O) groups is 2. The third kappa shape index (κ3) is 5.36. The minimum absolute atomic E-state index is 0.0681. The number of rotatable bonds is 8. The third-order valence-electron chi connectivity index (χ3n) is 7.72. The second-order valence-corrected chi connectivity index (χ2v) is 10.3. The summed E-state index contributed by atoms with van der Waals surface area (Å²) < 4.78 is 19.9. The molecule has 2 aliphatic carbocycles. The number of halogens is 1. The summed E-state index contributed by atoms with van der Waals surface area (Å²) in [6.07, 6.45) is 7.23. The maximum absolute atomic E-state index is 13.8. The van der Waals surface area contributed by atoms with Gasteiger partial charge in [-0.1, -0.05) is 38.0 Å². The smallest absolute Gasteiger partial charge is 0.261 e. The first-order valence-corrected chi connectivity index (χ1v) is 13.2. The molecule has 0 radical (unpaired) electrons. The van der Waals surface area contributed by atoms with Crippen molar-refractivity contribution in [2.75, 3.05) is 13.1 Å². The Morgan fingerprint density at radius 3 is 2.51 bits per heavy atom. The van der Waals surface area contributed by atoms with Gasteiger partial charge in [0.05, 0.1) is 6.04 Å². The fourth-order valence-electron chi connectivity index (χ4n) is 5.48. The highest BCUT2D eigenvalue weighted by atomic mass is 19.1. The van der Waals surface area contributed by atoms with E-state index in [2.05, 4.69) is 5.32 Å². The van der Waals surface area contributed by atoms with Crippen molar-refractivity contribution in [1.29, 1.82) is 0 Å². The largest absolute Gasteiger partial charge is 0.481 e. The Morgan fingerprint density at radius 2 is 1.83 bits per heavy atom. The van der Waals surface area contributed by atoms with Crippen LogP contribution in [0.2, 0.25) is 0 Å². The van der Waals surface area contributed by atoms with Crippen molar-refractivity contribution in [2.45, 2.75) is 70.4 Å². The molecule has 1 heterocycles. The van der Waals surface area contributed by atoms with Gasteiger partial charge in [0.25, 0.3) is 5.91 Å². The topological polar surface area (TPSA) is 58.6 Å². The van der Waals surface area contributed by atoms with E-state index < -0.39 is 6.10 Å². The molecule has 5 nitrogen and oxygen atoms in total. The van der Waals surface area contributed by atoms with E-state index in [1.54, 1.807) is 12.1 Å². The zero-order valence-electron chi connectivity index (χ0n) is 20.5. The van der Waals surface area contributed by atoms with Crippen LogP contribution in [-0.4, -0.2) is 35.9 Å². The minimum Gasteiger partial charge on any atom is -0.481 e. The highest BCUT2D eigenvalue weighted by molar-refractivity contribution is 5.81. The zero-order chi connectivity index (χ0) is 24.4. The molecule has 35 heavy (non-hydrogen) atoms. The van der Waals surface area contributed by atoms with Crippen LogP contribution in [0, 0.1) is 17.7 Å². The molecule has 0 unspecified atom stereocenters. The molecule has 0 saturated heterocycles. The van der Waals surface area contributed by atoms with Gasteiger partial charge < -0.3 is 15.0 Å². The summed E-state index contributed by atoms with van der Waals surface area (Å²) in [5.41, 5.74) is 3.05. The number of benzene rings is 2. The number of amides is 2. The lowest BCUT2D eigenvalue weighted by atomic mass is 9.87. The molecular formula is C29H35FN2O3. The molecule has 2 saturated carbocycles. The molecule has 2 aromatic rings. The molecule has 0 aromatic heterocycles. The number of fused-ring (bicyclic) bond motifs is 1. The van der Waals surface area contributed by atoms with Crippen molar-refractivity contribution < 1.29 is 18.7 Å². The van der Waals surface area contributed by atoms with Gasteiger partial charge in [-0.2, -0.15) is 0 Å².